The van der Waals surface area contributed by atoms with Gasteiger partial charge < -0.3 is 19.6 Å². The molecule has 1 amide bonds. The summed E-state index contributed by atoms with van der Waals surface area (Å²) in [5, 5.41) is 10.2. The minimum atomic E-state index is -4.09. The van der Waals surface area contributed by atoms with Gasteiger partial charge in [-0.05, 0) is 75.6 Å². The Bertz CT molecular complexity index is 1780. The van der Waals surface area contributed by atoms with Crippen LogP contribution in [0, 0.1) is 11.8 Å². The SMILES string of the molecule is CC(C)(C)OC(=O)C[C@H]1CCN(c2ccc(S(=O)(=O)N3CC(=O)N(c4cc(-c5ccccc5)sc4C(=O)O)[C@H](C4CCCCC4)C3)cn2)C1. The molecule has 2 saturated heterocycles. The molecule has 4 heterocycles. The van der Waals surface area contributed by atoms with Gasteiger partial charge in [-0.1, -0.05) is 49.6 Å². The maximum Gasteiger partial charge on any atom is 0.348 e. The van der Waals surface area contributed by atoms with Crippen molar-refractivity contribution in [2.45, 2.75) is 82.3 Å². The van der Waals surface area contributed by atoms with Crippen LogP contribution in [0.2, 0.25) is 0 Å². The third kappa shape index (κ3) is 7.84. The summed E-state index contributed by atoms with van der Waals surface area (Å²) in [7, 11) is -4.09. The monoisotopic (exact) mass is 708 g/mol. The van der Waals surface area contributed by atoms with E-state index in [9.17, 15) is 27.9 Å². The average Bonchev–Trinajstić information content (AvgIpc) is 3.72. The molecule has 1 aliphatic carbocycles. The molecular formula is C36H44N4O7S2. The quantitative estimate of drug-likeness (QED) is 0.263. The molecule has 3 aromatic rings. The first-order valence-electron chi connectivity index (χ1n) is 17.0. The number of sulfonamides is 1. The average molecular weight is 709 g/mol. The number of carbonyl (C=O) groups is 3. The number of pyridine rings is 1. The molecule has 2 aliphatic heterocycles. The van der Waals surface area contributed by atoms with E-state index in [1.165, 1.54) is 16.6 Å². The van der Waals surface area contributed by atoms with Gasteiger partial charge in [0.25, 0.3) is 0 Å². The van der Waals surface area contributed by atoms with Gasteiger partial charge in [-0.15, -0.1) is 11.3 Å². The second kappa shape index (κ2) is 14.2. The number of esters is 1. The van der Waals surface area contributed by atoms with Crippen molar-refractivity contribution in [2.24, 2.45) is 11.8 Å². The highest BCUT2D eigenvalue weighted by Crippen LogP contribution is 2.42. The van der Waals surface area contributed by atoms with E-state index >= 15 is 0 Å². The second-order valence-electron chi connectivity index (χ2n) is 14.3. The molecule has 2 aromatic heterocycles. The maximum atomic E-state index is 14.0. The molecule has 2 atom stereocenters. The number of hydrogen-bond acceptors (Lipinski definition) is 9. The first-order chi connectivity index (χ1) is 23.3. The molecule has 49 heavy (non-hydrogen) atoms. The zero-order valence-electron chi connectivity index (χ0n) is 28.2. The number of thiophene rings is 1. The van der Waals surface area contributed by atoms with Gasteiger partial charge >= 0.3 is 11.9 Å². The zero-order chi connectivity index (χ0) is 34.9. The van der Waals surface area contributed by atoms with Crippen LogP contribution >= 0.6 is 11.3 Å². The van der Waals surface area contributed by atoms with Gasteiger partial charge in [0.2, 0.25) is 15.9 Å². The van der Waals surface area contributed by atoms with E-state index in [4.69, 9.17) is 4.74 Å². The summed E-state index contributed by atoms with van der Waals surface area (Å²) in [5.41, 5.74) is 0.645. The smallest absolute Gasteiger partial charge is 0.348 e. The largest absolute Gasteiger partial charge is 0.477 e. The zero-order valence-corrected chi connectivity index (χ0v) is 29.8. The number of hydrogen-bond donors (Lipinski definition) is 1. The molecule has 0 radical (unpaired) electrons. The number of nitrogens with zero attached hydrogens (tertiary/aromatic N) is 4. The van der Waals surface area contributed by atoms with Gasteiger partial charge in [0.15, 0.2) is 0 Å². The number of anilines is 2. The first-order valence-corrected chi connectivity index (χ1v) is 19.2. The van der Waals surface area contributed by atoms with Gasteiger partial charge in [-0.25, -0.2) is 18.2 Å². The van der Waals surface area contributed by atoms with Gasteiger partial charge in [-0.2, -0.15) is 4.31 Å². The van der Waals surface area contributed by atoms with E-state index in [0.717, 1.165) is 60.3 Å². The molecule has 11 nitrogen and oxygen atoms in total. The van der Waals surface area contributed by atoms with Crippen molar-refractivity contribution in [3.63, 3.8) is 0 Å². The van der Waals surface area contributed by atoms with Gasteiger partial charge in [-0.3, -0.25) is 9.59 Å². The van der Waals surface area contributed by atoms with E-state index in [1.54, 1.807) is 17.0 Å². The van der Waals surface area contributed by atoms with E-state index in [1.807, 2.05) is 56.0 Å². The number of amides is 1. The van der Waals surface area contributed by atoms with Crippen LogP contribution in [0.15, 0.2) is 59.6 Å². The Hall–Kier alpha value is -3.81. The molecular weight excluding hydrogens is 665 g/mol. The van der Waals surface area contributed by atoms with Crippen LogP contribution in [0.4, 0.5) is 11.5 Å². The van der Waals surface area contributed by atoms with Crippen LogP contribution < -0.4 is 9.80 Å². The lowest BCUT2D eigenvalue weighted by molar-refractivity contribution is -0.155. The van der Waals surface area contributed by atoms with Crippen molar-refractivity contribution in [3.8, 4) is 10.4 Å². The van der Waals surface area contributed by atoms with E-state index in [0.29, 0.717) is 31.0 Å². The predicted molar refractivity (Wildman–Crippen MR) is 188 cm³/mol. The molecule has 0 spiro atoms. The molecule has 0 unspecified atom stereocenters. The number of carboxylic acids is 1. The third-order valence-corrected chi connectivity index (χ3v) is 12.5. The first kappa shape index (κ1) is 35.0. The molecule has 1 saturated carbocycles. The fourth-order valence-corrected chi connectivity index (χ4v) is 9.63. The Morgan fingerprint density at radius 1 is 1.02 bits per heavy atom. The topological polar surface area (TPSA) is 137 Å². The highest BCUT2D eigenvalue weighted by molar-refractivity contribution is 7.89. The molecule has 3 aliphatic rings. The number of rotatable bonds is 9. The van der Waals surface area contributed by atoms with Gasteiger partial charge in [0.05, 0.1) is 24.7 Å². The molecule has 13 heteroatoms. The molecule has 0 bridgehead atoms. The standard InChI is InChI=1S/C36H44N4O7S2/c1-36(2,3)47-33(42)18-24-16-17-38(21-24)31-15-14-27(20-37-31)49(45,46)39-22-29(25-10-6-4-7-11-25)40(32(41)23-39)28-19-30(48-34(28)35(43)44)26-12-8-5-9-13-26/h5,8-9,12-15,19-20,24-25,29H,4,6-7,10-11,16-18,21-23H2,1-3H3,(H,43,44)/t24-,29+/m1/s1. The van der Waals surface area contributed by atoms with Crippen molar-refractivity contribution in [1.29, 1.82) is 0 Å². The summed E-state index contributed by atoms with van der Waals surface area (Å²) in [6.45, 7) is 6.51. The van der Waals surface area contributed by atoms with Crippen LogP contribution in [0.25, 0.3) is 10.4 Å². The van der Waals surface area contributed by atoms with Crippen molar-refractivity contribution in [1.82, 2.24) is 9.29 Å². The summed E-state index contributed by atoms with van der Waals surface area (Å²) in [6.07, 6.45) is 7.15. The predicted octanol–water partition coefficient (Wildman–Crippen LogP) is 6.05. The number of benzene rings is 1. The fourth-order valence-electron chi connectivity index (χ4n) is 7.29. The van der Waals surface area contributed by atoms with Crippen LogP contribution in [-0.2, 0) is 24.3 Å². The van der Waals surface area contributed by atoms with E-state index < -0.39 is 40.1 Å². The van der Waals surface area contributed by atoms with Crippen molar-refractivity contribution in [2.75, 3.05) is 36.0 Å². The number of carbonyl (C=O) groups excluding carboxylic acids is 2. The number of piperazine rings is 1. The van der Waals surface area contributed by atoms with Gasteiger partial charge in [0.1, 0.15) is 21.2 Å². The summed E-state index contributed by atoms with van der Waals surface area (Å²) in [5.74, 6) is -1.02. The summed E-state index contributed by atoms with van der Waals surface area (Å²) in [4.78, 5) is 47.8. The Balaban J connectivity index is 1.22. The highest BCUT2D eigenvalue weighted by atomic mass is 32.2. The second-order valence-corrected chi connectivity index (χ2v) is 17.3. The fraction of sp³-hybridized carbons (Fsp3) is 0.500. The maximum absolute atomic E-state index is 14.0. The number of aromatic nitrogens is 1. The summed E-state index contributed by atoms with van der Waals surface area (Å²) in [6, 6.07) is 13.9. The molecule has 1 N–H and O–H groups in total. The van der Waals surface area contributed by atoms with Crippen LogP contribution in [0.1, 0.15) is 75.4 Å². The minimum Gasteiger partial charge on any atom is -0.477 e. The van der Waals surface area contributed by atoms with Crippen LogP contribution in [0.5, 0.6) is 0 Å². The van der Waals surface area contributed by atoms with Gasteiger partial charge in [0, 0.05) is 30.7 Å². The Kier molecular flexibility index (Phi) is 10.2. The molecule has 6 rings (SSSR count). The Labute approximate surface area is 291 Å². The van der Waals surface area contributed by atoms with Crippen molar-refractivity contribution < 1.29 is 32.6 Å². The summed E-state index contributed by atoms with van der Waals surface area (Å²) < 4.78 is 34.8. The lowest BCUT2D eigenvalue weighted by Gasteiger charge is -2.44. The van der Waals surface area contributed by atoms with Crippen LogP contribution in [-0.4, -0.2) is 78.5 Å². The summed E-state index contributed by atoms with van der Waals surface area (Å²) >= 11 is 1.12. The Morgan fingerprint density at radius 3 is 2.41 bits per heavy atom. The van der Waals surface area contributed by atoms with E-state index in [2.05, 4.69) is 4.98 Å². The van der Waals surface area contributed by atoms with E-state index in [-0.39, 0.29) is 34.1 Å². The normalized spacial score (nSPS) is 21.2. The lowest BCUT2D eigenvalue weighted by atomic mass is 9.82. The highest BCUT2D eigenvalue weighted by Gasteiger charge is 2.44. The van der Waals surface area contributed by atoms with Crippen molar-refractivity contribution in [3.05, 3.63) is 59.6 Å². The minimum absolute atomic E-state index is 0.00230. The number of aromatic carboxylic acids is 1. The Morgan fingerprint density at radius 2 is 1.76 bits per heavy atom. The van der Waals surface area contributed by atoms with Crippen LogP contribution in [0.3, 0.4) is 0 Å². The molecule has 262 valence electrons. The van der Waals surface area contributed by atoms with Crippen molar-refractivity contribution >= 4 is 50.7 Å². The number of carboxylic acid groups (broad SMARTS) is 1. The molecule has 3 fully saturated rings. The number of ether oxygens (including phenoxy) is 1. The third-order valence-electron chi connectivity index (χ3n) is 9.56. The lowest BCUT2D eigenvalue weighted by Crippen LogP contribution is -2.60. The molecule has 1 aromatic carbocycles.